The number of carboxylic acid groups (broad SMARTS) is 1. The smallest absolute Gasteiger partial charge is 0.350 e. The summed E-state index contributed by atoms with van der Waals surface area (Å²) in [6.45, 7) is 6.37. The van der Waals surface area contributed by atoms with Crippen LogP contribution in [0.15, 0.2) is 22.3 Å². The molecular weight excluding hydrogens is 382 g/mol. The van der Waals surface area contributed by atoms with Gasteiger partial charge in [0.15, 0.2) is 5.57 Å². The van der Waals surface area contributed by atoms with Gasteiger partial charge in [0.25, 0.3) is 5.79 Å². The average Bonchev–Trinajstić information content (AvgIpc) is 2.41. The Morgan fingerprint density at radius 3 is 2.25 bits per heavy atom. The number of halogens is 1. The standard InChI is InChI=1S/C16H16BrNO6/c1-7-5-8(2)12(10(11(7)17)13(19)20)18-6-9-14(21)23-16(3,4)24-15(9)22/h5-6,18H,1-4H3,(H,19,20). The zero-order chi connectivity index (χ0) is 18.2. The summed E-state index contributed by atoms with van der Waals surface area (Å²) in [7, 11) is 0. The third-order valence-electron chi connectivity index (χ3n) is 3.33. The molecule has 1 aliphatic heterocycles. The number of carboxylic acids is 1. The van der Waals surface area contributed by atoms with E-state index < -0.39 is 23.7 Å². The summed E-state index contributed by atoms with van der Waals surface area (Å²) in [6.07, 6.45) is 1.09. The molecule has 1 aliphatic rings. The average molecular weight is 398 g/mol. The third kappa shape index (κ3) is 3.43. The number of aryl methyl sites for hydroxylation is 2. The number of rotatable bonds is 3. The molecule has 0 amide bonds. The van der Waals surface area contributed by atoms with Crippen molar-refractivity contribution >= 4 is 39.5 Å². The van der Waals surface area contributed by atoms with E-state index in [0.29, 0.717) is 10.0 Å². The number of nitrogens with one attached hydrogen (secondary N) is 1. The fourth-order valence-corrected chi connectivity index (χ4v) is 2.76. The summed E-state index contributed by atoms with van der Waals surface area (Å²) < 4.78 is 10.4. The van der Waals surface area contributed by atoms with Crippen molar-refractivity contribution in [3.8, 4) is 0 Å². The molecule has 0 aliphatic carbocycles. The van der Waals surface area contributed by atoms with E-state index in [1.54, 1.807) is 19.9 Å². The highest BCUT2D eigenvalue weighted by molar-refractivity contribution is 9.10. The first kappa shape index (κ1) is 18.0. The summed E-state index contributed by atoms with van der Waals surface area (Å²) in [5, 5.41) is 12.1. The van der Waals surface area contributed by atoms with Crippen LogP contribution in [0.4, 0.5) is 5.69 Å². The van der Waals surface area contributed by atoms with Crippen LogP contribution in [0.3, 0.4) is 0 Å². The highest BCUT2D eigenvalue weighted by Crippen LogP contribution is 2.32. The van der Waals surface area contributed by atoms with Crippen LogP contribution in [0, 0.1) is 13.8 Å². The molecule has 2 rings (SSSR count). The van der Waals surface area contributed by atoms with E-state index in [0.717, 1.165) is 11.8 Å². The molecule has 0 spiro atoms. The molecule has 2 N–H and O–H groups in total. The van der Waals surface area contributed by atoms with Crippen LogP contribution in [-0.2, 0) is 19.1 Å². The van der Waals surface area contributed by atoms with E-state index >= 15 is 0 Å². The van der Waals surface area contributed by atoms with E-state index in [1.807, 2.05) is 0 Å². The molecule has 1 saturated heterocycles. The number of aromatic carboxylic acids is 1. The first-order valence-corrected chi connectivity index (χ1v) is 7.79. The van der Waals surface area contributed by atoms with Crippen molar-refractivity contribution in [2.75, 3.05) is 5.32 Å². The Hall–Kier alpha value is -2.35. The number of benzene rings is 1. The Balaban J connectivity index is 2.43. The maximum Gasteiger partial charge on any atom is 0.350 e. The number of ether oxygens (including phenoxy) is 2. The molecule has 1 fully saturated rings. The zero-order valence-electron chi connectivity index (χ0n) is 13.5. The lowest BCUT2D eigenvalue weighted by Crippen LogP contribution is -2.42. The Labute approximate surface area is 146 Å². The Morgan fingerprint density at radius 1 is 1.21 bits per heavy atom. The quantitative estimate of drug-likeness (QED) is 0.459. The number of hydrogen-bond acceptors (Lipinski definition) is 6. The predicted molar refractivity (Wildman–Crippen MR) is 88.5 cm³/mol. The van der Waals surface area contributed by atoms with Crippen molar-refractivity contribution in [3.05, 3.63) is 39.0 Å². The van der Waals surface area contributed by atoms with Crippen molar-refractivity contribution in [1.82, 2.24) is 0 Å². The molecule has 0 radical (unpaired) electrons. The van der Waals surface area contributed by atoms with Crippen molar-refractivity contribution in [3.63, 3.8) is 0 Å². The van der Waals surface area contributed by atoms with Crippen molar-refractivity contribution in [2.45, 2.75) is 33.5 Å². The summed E-state index contributed by atoms with van der Waals surface area (Å²) in [4.78, 5) is 35.4. The van der Waals surface area contributed by atoms with Gasteiger partial charge in [0, 0.05) is 24.5 Å². The van der Waals surface area contributed by atoms with Gasteiger partial charge < -0.3 is 19.9 Å². The molecule has 1 aromatic rings. The minimum absolute atomic E-state index is 0.00206. The molecule has 0 aromatic heterocycles. The maximum absolute atomic E-state index is 11.9. The zero-order valence-corrected chi connectivity index (χ0v) is 15.1. The Bertz CT molecular complexity index is 759. The molecule has 0 saturated carbocycles. The van der Waals surface area contributed by atoms with E-state index in [1.165, 1.54) is 13.8 Å². The fraction of sp³-hybridized carbons (Fsp3) is 0.312. The Morgan fingerprint density at radius 2 is 1.75 bits per heavy atom. The van der Waals surface area contributed by atoms with Gasteiger partial charge in [-0.2, -0.15) is 0 Å². The second-order valence-corrected chi connectivity index (χ2v) is 6.55. The molecule has 24 heavy (non-hydrogen) atoms. The lowest BCUT2D eigenvalue weighted by Gasteiger charge is -2.29. The molecule has 8 heteroatoms. The van der Waals surface area contributed by atoms with E-state index in [9.17, 15) is 19.5 Å². The molecule has 1 heterocycles. The van der Waals surface area contributed by atoms with Crippen LogP contribution in [0.25, 0.3) is 0 Å². The van der Waals surface area contributed by atoms with Gasteiger partial charge >= 0.3 is 17.9 Å². The van der Waals surface area contributed by atoms with Crippen molar-refractivity contribution < 1.29 is 29.0 Å². The molecule has 7 nitrogen and oxygen atoms in total. The SMILES string of the molecule is Cc1cc(C)c(NC=C2C(=O)OC(C)(C)OC2=O)c(C(=O)O)c1Br. The molecule has 0 unspecified atom stereocenters. The summed E-state index contributed by atoms with van der Waals surface area (Å²) in [5.41, 5.74) is 1.31. The van der Waals surface area contributed by atoms with Gasteiger partial charge in [0.1, 0.15) is 0 Å². The van der Waals surface area contributed by atoms with Gasteiger partial charge in [-0.05, 0) is 40.9 Å². The normalized spacial score (nSPS) is 16.3. The monoisotopic (exact) mass is 397 g/mol. The molecule has 0 atom stereocenters. The lowest BCUT2D eigenvalue weighted by molar-refractivity contribution is -0.222. The van der Waals surface area contributed by atoms with Crippen LogP contribution in [0.5, 0.6) is 0 Å². The number of hydrogen-bond donors (Lipinski definition) is 2. The topological polar surface area (TPSA) is 102 Å². The van der Waals surface area contributed by atoms with Crippen molar-refractivity contribution in [2.24, 2.45) is 0 Å². The first-order chi connectivity index (χ1) is 11.0. The van der Waals surface area contributed by atoms with Gasteiger partial charge in [-0.1, -0.05) is 6.07 Å². The van der Waals surface area contributed by atoms with Crippen LogP contribution in [0.1, 0.15) is 35.3 Å². The molecule has 1 aromatic carbocycles. The van der Waals surface area contributed by atoms with Crippen LogP contribution in [-0.4, -0.2) is 28.8 Å². The number of esters is 2. The van der Waals surface area contributed by atoms with Crippen molar-refractivity contribution in [1.29, 1.82) is 0 Å². The lowest BCUT2D eigenvalue weighted by atomic mass is 10.0. The second-order valence-electron chi connectivity index (χ2n) is 5.76. The molecule has 0 bridgehead atoms. The summed E-state index contributed by atoms with van der Waals surface area (Å²) in [6, 6.07) is 1.78. The highest BCUT2D eigenvalue weighted by atomic mass is 79.9. The number of carbonyl (C=O) groups is 3. The van der Waals surface area contributed by atoms with E-state index in [4.69, 9.17) is 9.47 Å². The van der Waals surface area contributed by atoms with Gasteiger partial charge in [-0.25, -0.2) is 14.4 Å². The fourth-order valence-electron chi connectivity index (χ4n) is 2.27. The van der Waals surface area contributed by atoms with Gasteiger partial charge in [-0.15, -0.1) is 0 Å². The van der Waals surface area contributed by atoms with Gasteiger partial charge in [-0.3, -0.25) is 0 Å². The largest absolute Gasteiger partial charge is 0.478 e. The van der Waals surface area contributed by atoms with Gasteiger partial charge in [0.2, 0.25) is 0 Å². The number of cyclic esters (lactones) is 2. The molecule has 128 valence electrons. The summed E-state index contributed by atoms with van der Waals surface area (Å²) in [5.74, 6) is -4.17. The Kier molecular flexibility index (Phi) is 4.70. The molecular formula is C16H16BrNO6. The van der Waals surface area contributed by atoms with E-state index in [2.05, 4.69) is 21.2 Å². The second kappa shape index (κ2) is 6.27. The third-order valence-corrected chi connectivity index (χ3v) is 4.36. The first-order valence-electron chi connectivity index (χ1n) is 7.00. The van der Waals surface area contributed by atoms with E-state index in [-0.39, 0.29) is 16.8 Å². The minimum atomic E-state index is -1.33. The maximum atomic E-state index is 11.9. The predicted octanol–water partition coefficient (Wildman–Crippen LogP) is 2.90. The van der Waals surface area contributed by atoms with Crippen LogP contribution < -0.4 is 5.32 Å². The van der Waals surface area contributed by atoms with Gasteiger partial charge in [0.05, 0.1) is 11.3 Å². The summed E-state index contributed by atoms with van der Waals surface area (Å²) >= 11 is 3.25. The highest BCUT2D eigenvalue weighted by Gasteiger charge is 2.39. The number of anilines is 1. The van der Waals surface area contributed by atoms with Crippen LogP contribution >= 0.6 is 15.9 Å². The number of carbonyl (C=O) groups excluding carboxylic acids is 2. The van der Waals surface area contributed by atoms with Crippen LogP contribution in [0.2, 0.25) is 0 Å². The minimum Gasteiger partial charge on any atom is -0.478 e.